The predicted molar refractivity (Wildman–Crippen MR) is 57.3 cm³/mol. The molecule has 78 valence electrons. The molecule has 0 bridgehead atoms. The van der Waals surface area contributed by atoms with E-state index in [0.29, 0.717) is 11.1 Å². The van der Waals surface area contributed by atoms with Crippen LogP contribution >= 0.6 is 11.6 Å². The fraction of sp³-hybridized carbons (Fsp3) is 0.0909. The number of ether oxygens (including phenoxy) is 1. The van der Waals surface area contributed by atoms with Gasteiger partial charge in [-0.3, -0.25) is 4.79 Å². The summed E-state index contributed by atoms with van der Waals surface area (Å²) in [7, 11) is 1.31. The van der Waals surface area contributed by atoms with E-state index in [4.69, 9.17) is 11.6 Å². The molecule has 4 heteroatoms. The fourth-order valence-corrected chi connectivity index (χ4v) is 1.13. The molecule has 0 aromatic carbocycles. The predicted octanol–water partition coefficient (Wildman–Crippen LogP) is 1.90. The van der Waals surface area contributed by atoms with Gasteiger partial charge in [-0.15, -0.1) is 0 Å². The molecule has 0 amide bonds. The molecule has 0 saturated heterocycles. The molecule has 15 heavy (non-hydrogen) atoms. The Hall–Kier alpha value is -1.61. The normalized spacial score (nSPS) is 26.0. The molecule has 1 aliphatic rings. The Balaban J connectivity index is 2.91. The first-order valence-corrected chi connectivity index (χ1v) is 4.58. The van der Waals surface area contributed by atoms with Crippen molar-refractivity contribution in [2.75, 3.05) is 7.11 Å². The highest BCUT2D eigenvalue weighted by Gasteiger charge is 2.06. The number of esters is 1. The summed E-state index contributed by atoms with van der Waals surface area (Å²) in [6.07, 6.45) is 9.30. The van der Waals surface area contributed by atoms with Crippen LogP contribution in [0.5, 0.6) is 0 Å². The van der Waals surface area contributed by atoms with Crippen LogP contribution in [0.2, 0.25) is 0 Å². The number of carbonyl (C=O) groups excluding carboxylic acids is 2. The van der Waals surface area contributed by atoms with Crippen molar-refractivity contribution < 1.29 is 14.3 Å². The minimum atomic E-state index is -0.536. The highest BCUT2D eigenvalue weighted by Crippen LogP contribution is 2.09. The third kappa shape index (κ3) is 3.22. The van der Waals surface area contributed by atoms with E-state index < -0.39 is 11.2 Å². The number of carbonyl (C=O) groups is 2. The number of rotatable bonds is 2. The quantitative estimate of drug-likeness (QED) is 0.532. The lowest BCUT2D eigenvalue weighted by atomic mass is 10.1. The highest BCUT2D eigenvalue weighted by atomic mass is 35.5. The van der Waals surface area contributed by atoms with Crippen molar-refractivity contribution in [1.82, 2.24) is 0 Å². The number of hydrogen-bond donors (Lipinski definition) is 0. The topological polar surface area (TPSA) is 43.4 Å². The SMILES string of the molecule is COC(=O)C1=C/C=C\C(C(=O)Cl)=C/C=C\1. The van der Waals surface area contributed by atoms with Crippen LogP contribution in [0.3, 0.4) is 0 Å². The summed E-state index contributed by atoms with van der Waals surface area (Å²) in [5, 5.41) is -0.536. The Morgan fingerprint density at radius 2 is 1.67 bits per heavy atom. The molecule has 1 aliphatic carbocycles. The maximum atomic E-state index is 11.2. The molecular formula is C11H9ClO3. The van der Waals surface area contributed by atoms with Crippen LogP contribution in [-0.4, -0.2) is 18.3 Å². The van der Waals surface area contributed by atoms with E-state index in [1.165, 1.54) is 19.3 Å². The Kier molecular flexibility index (Phi) is 4.06. The van der Waals surface area contributed by atoms with Gasteiger partial charge in [0.25, 0.3) is 5.24 Å². The van der Waals surface area contributed by atoms with Crippen molar-refractivity contribution in [3.8, 4) is 0 Å². The summed E-state index contributed by atoms with van der Waals surface area (Å²) in [6.45, 7) is 0. The van der Waals surface area contributed by atoms with Gasteiger partial charge in [-0.2, -0.15) is 0 Å². The molecule has 0 atom stereocenters. The van der Waals surface area contributed by atoms with E-state index in [0.717, 1.165) is 0 Å². The standard InChI is InChI=1S/C11H9ClO3/c1-15-11(14)9-6-2-4-8(10(12)13)5-3-7-9/h2-7H,1H3/b4-2-,5-3?,6-2?,7-3-,8-4?,8-5+,9-6+,9-7?. The van der Waals surface area contributed by atoms with Gasteiger partial charge in [0.2, 0.25) is 0 Å². The summed E-state index contributed by atoms with van der Waals surface area (Å²) in [5.41, 5.74) is 0.777. The summed E-state index contributed by atoms with van der Waals surface area (Å²) in [5.74, 6) is -0.426. The average molecular weight is 225 g/mol. The van der Waals surface area contributed by atoms with E-state index in [1.54, 1.807) is 24.3 Å². The number of halogens is 1. The van der Waals surface area contributed by atoms with Crippen LogP contribution in [0.4, 0.5) is 0 Å². The van der Waals surface area contributed by atoms with Crippen molar-refractivity contribution in [3.05, 3.63) is 47.6 Å². The van der Waals surface area contributed by atoms with Crippen molar-refractivity contribution in [1.29, 1.82) is 0 Å². The number of hydrogen-bond acceptors (Lipinski definition) is 3. The molecule has 0 N–H and O–H groups in total. The van der Waals surface area contributed by atoms with Gasteiger partial charge in [-0.05, 0) is 23.8 Å². The lowest BCUT2D eigenvalue weighted by Gasteiger charge is -2.00. The Morgan fingerprint density at radius 1 is 1.13 bits per heavy atom. The van der Waals surface area contributed by atoms with Gasteiger partial charge in [0.05, 0.1) is 12.7 Å². The molecule has 0 aliphatic heterocycles. The molecule has 0 fully saturated rings. The molecule has 0 saturated carbocycles. The molecular weight excluding hydrogens is 216 g/mol. The Bertz CT molecular complexity index is 400. The molecule has 0 unspecified atom stereocenters. The van der Waals surface area contributed by atoms with Gasteiger partial charge in [0.15, 0.2) is 0 Å². The van der Waals surface area contributed by atoms with E-state index in [9.17, 15) is 9.59 Å². The zero-order valence-electron chi connectivity index (χ0n) is 8.07. The molecule has 0 aromatic rings. The maximum absolute atomic E-state index is 11.2. The third-order valence-corrected chi connectivity index (χ3v) is 1.97. The average Bonchev–Trinajstić information content (AvgIpc) is 2.16. The number of methoxy groups -OCH3 is 1. The van der Waals surface area contributed by atoms with E-state index in [1.807, 2.05) is 0 Å². The summed E-state index contributed by atoms with van der Waals surface area (Å²) < 4.78 is 4.55. The maximum Gasteiger partial charge on any atom is 0.337 e. The smallest absolute Gasteiger partial charge is 0.337 e. The van der Waals surface area contributed by atoms with Crippen molar-refractivity contribution >= 4 is 22.8 Å². The van der Waals surface area contributed by atoms with Gasteiger partial charge in [-0.25, -0.2) is 4.79 Å². The van der Waals surface area contributed by atoms with Crippen LogP contribution in [-0.2, 0) is 14.3 Å². The van der Waals surface area contributed by atoms with Crippen LogP contribution in [0, 0.1) is 0 Å². The van der Waals surface area contributed by atoms with Gasteiger partial charge in [0.1, 0.15) is 0 Å². The van der Waals surface area contributed by atoms with Gasteiger partial charge >= 0.3 is 5.97 Å². The molecule has 0 aromatic heterocycles. The van der Waals surface area contributed by atoms with Crippen molar-refractivity contribution in [2.45, 2.75) is 0 Å². The minimum Gasteiger partial charge on any atom is -0.465 e. The Labute approximate surface area is 92.4 Å². The summed E-state index contributed by atoms with van der Waals surface area (Å²) in [4.78, 5) is 22.0. The van der Waals surface area contributed by atoms with Gasteiger partial charge in [0, 0.05) is 5.57 Å². The zero-order valence-corrected chi connectivity index (χ0v) is 8.82. The van der Waals surface area contributed by atoms with Gasteiger partial charge in [-0.1, -0.05) is 24.3 Å². The third-order valence-electron chi connectivity index (χ3n) is 1.75. The van der Waals surface area contributed by atoms with Crippen LogP contribution in [0.25, 0.3) is 0 Å². The second kappa shape index (κ2) is 5.32. The van der Waals surface area contributed by atoms with Crippen molar-refractivity contribution in [3.63, 3.8) is 0 Å². The second-order valence-corrected chi connectivity index (χ2v) is 3.07. The van der Waals surface area contributed by atoms with E-state index in [-0.39, 0.29) is 0 Å². The minimum absolute atomic E-state index is 0.369. The lowest BCUT2D eigenvalue weighted by molar-refractivity contribution is -0.135. The largest absolute Gasteiger partial charge is 0.465 e. The monoisotopic (exact) mass is 224 g/mol. The Morgan fingerprint density at radius 3 is 2.20 bits per heavy atom. The first-order chi connectivity index (χ1) is 7.15. The summed E-state index contributed by atoms with van der Waals surface area (Å²) >= 11 is 5.30. The van der Waals surface area contributed by atoms with Crippen molar-refractivity contribution in [2.24, 2.45) is 0 Å². The fourth-order valence-electron chi connectivity index (χ4n) is 1.01. The van der Waals surface area contributed by atoms with Crippen LogP contribution in [0.1, 0.15) is 0 Å². The lowest BCUT2D eigenvalue weighted by Crippen LogP contribution is -2.02. The zero-order chi connectivity index (χ0) is 11.3. The van der Waals surface area contributed by atoms with Gasteiger partial charge < -0.3 is 4.74 Å². The molecule has 3 nitrogen and oxygen atoms in total. The summed E-state index contributed by atoms with van der Waals surface area (Å²) in [6, 6.07) is 0. The molecule has 1 rings (SSSR count). The van der Waals surface area contributed by atoms with E-state index >= 15 is 0 Å². The highest BCUT2D eigenvalue weighted by molar-refractivity contribution is 6.68. The molecule has 0 radical (unpaired) electrons. The first-order valence-electron chi connectivity index (χ1n) is 4.20. The van der Waals surface area contributed by atoms with E-state index in [2.05, 4.69) is 4.74 Å². The molecule has 0 heterocycles. The first kappa shape index (κ1) is 11.5. The van der Waals surface area contributed by atoms with Crippen LogP contribution < -0.4 is 0 Å². The molecule has 0 spiro atoms. The number of allylic oxidation sites excluding steroid dienone is 6. The van der Waals surface area contributed by atoms with Crippen LogP contribution in [0.15, 0.2) is 47.6 Å². The second-order valence-electron chi connectivity index (χ2n) is 2.73.